The number of benzene rings is 1. The van der Waals surface area contributed by atoms with E-state index in [9.17, 15) is 13.5 Å². The van der Waals surface area contributed by atoms with Crippen LogP contribution in [-0.2, 0) is 10.0 Å². The quantitative estimate of drug-likeness (QED) is 0.439. The van der Waals surface area contributed by atoms with Crippen molar-refractivity contribution < 1.29 is 13.5 Å². The third-order valence-corrected chi connectivity index (χ3v) is 5.55. The molecule has 7 heteroatoms. The molecule has 0 saturated carbocycles. The van der Waals surface area contributed by atoms with E-state index in [1.54, 1.807) is 12.1 Å². The Morgan fingerprint density at radius 3 is 2.35 bits per heavy atom. The smallest absolute Gasteiger partial charge is 0.243 e. The summed E-state index contributed by atoms with van der Waals surface area (Å²) in [7, 11) is -1.81. The molecule has 1 unspecified atom stereocenters. The number of nitrogen functional groups attached to an aromatic ring is 1. The molecule has 1 aromatic carbocycles. The third-order valence-electron chi connectivity index (χ3n) is 3.61. The Morgan fingerprint density at radius 2 is 1.87 bits per heavy atom. The van der Waals surface area contributed by atoms with E-state index in [4.69, 9.17) is 5.73 Å². The fraction of sp³-hybridized carbons (Fsp3) is 0.625. The fourth-order valence-electron chi connectivity index (χ4n) is 2.42. The average Bonchev–Trinajstić information content (AvgIpc) is 2.50. The Morgan fingerprint density at radius 1 is 1.26 bits per heavy atom. The van der Waals surface area contributed by atoms with Crippen LogP contribution in [0.5, 0.6) is 0 Å². The first-order chi connectivity index (χ1) is 10.8. The molecule has 0 spiro atoms. The number of nitrogens with two attached hydrogens (primary N) is 1. The number of sulfonamides is 1. The van der Waals surface area contributed by atoms with Crippen molar-refractivity contribution in [2.75, 3.05) is 32.5 Å². The van der Waals surface area contributed by atoms with Gasteiger partial charge in [0, 0.05) is 18.3 Å². The first kappa shape index (κ1) is 19.9. The van der Waals surface area contributed by atoms with Crippen LogP contribution < -0.4 is 11.1 Å². The van der Waals surface area contributed by atoms with Crippen LogP contribution in [0.1, 0.15) is 26.7 Å². The van der Waals surface area contributed by atoms with E-state index in [-0.39, 0.29) is 17.4 Å². The molecule has 23 heavy (non-hydrogen) atoms. The van der Waals surface area contributed by atoms with Gasteiger partial charge < -0.3 is 16.2 Å². The van der Waals surface area contributed by atoms with E-state index < -0.39 is 16.1 Å². The van der Waals surface area contributed by atoms with E-state index in [0.29, 0.717) is 18.7 Å². The van der Waals surface area contributed by atoms with Crippen LogP contribution >= 0.6 is 0 Å². The highest BCUT2D eigenvalue weighted by molar-refractivity contribution is 7.89. The molecule has 0 aliphatic carbocycles. The van der Waals surface area contributed by atoms with Crippen molar-refractivity contribution in [3.63, 3.8) is 0 Å². The van der Waals surface area contributed by atoms with Crippen LogP contribution in [0.3, 0.4) is 0 Å². The van der Waals surface area contributed by atoms with Gasteiger partial charge in [-0.15, -0.1) is 0 Å². The largest absolute Gasteiger partial charge is 0.399 e. The van der Waals surface area contributed by atoms with Crippen LogP contribution in [0.15, 0.2) is 29.2 Å². The second-order valence-corrected chi connectivity index (χ2v) is 8.01. The van der Waals surface area contributed by atoms with Crippen LogP contribution in [-0.4, -0.2) is 50.6 Å². The maximum absolute atomic E-state index is 13.0. The number of hydrogen-bond acceptors (Lipinski definition) is 5. The van der Waals surface area contributed by atoms with E-state index in [0.717, 1.165) is 13.0 Å². The lowest BCUT2D eigenvalue weighted by Crippen LogP contribution is -2.44. The molecular formula is C16H29N3O3S. The number of hydrogen-bond donors (Lipinski definition) is 3. The normalized spacial score (nSPS) is 13.7. The molecule has 0 fully saturated rings. The zero-order valence-electron chi connectivity index (χ0n) is 14.2. The lowest BCUT2D eigenvalue weighted by molar-refractivity contribution is 0.168. The van der Waals surface area contributed by atoms with Crippen molar-refractivity contribution in [3.05, 3.63) is 24.3 Å². The summed E-state index contributed by atoms with van der Waals surface area (Å²) in [4.78, 5) is 0.208. The third kappa shape index (κ3) is 5.76. The zero-order valence-corrected chi connectivity index (χ0v) is 15.0. The van der Waals surface area contributed by atoms with Crippen LogP contribution in [0.2, 0.25) is 0 Å². The predicted octanol–water partition coefficient (Wildman–Crippen LogP) is 1.28. The van der Waals surface area contributed by atoms with E-state index >= 15 is 0 Å². The number of anilines is 1. The minimum atomic E-state index is -3.66. The fourth-order valence-corrected chi connectivity index (χ4v) is 4.23. The van der Waals surface area contributed by atoms with Gasteiger partial charge in [0.05, 0.1) is 11.5 Å². The van der Waals surface area contributed by atoms with E-state index in [1.807, 2.05) is 20.9 Å². The molecule has 6 nitrogen and oxygen atoms in total. The second kappa shape index (κ2) is 9.22. The molecule has 0 radical (unpaired) electrons. The lowest BCUT2D eigenvalue weighted by atomic mass is 10.1. The standard InChI is InChI=1S/C16H29N3O3S/c1-13(2)11-19(15(12-20)5-4-10-18-3)23(21,22)16-8-6-14(17)7-9-16/h6-9,13,15,18,20H,4-5,10-12,17H2,1-3H3. The predicted molar refractivity (Wildman–Crippen MR) is 93.6 cm³/mol. The van der Waals surface area contributed by atoms with Gasteiger partial charge in [0.25, 0.3) is 0 Å². The summed E-state index contributed by atoms with van der Waals surface area (Å²) in [6.07, 6.45) is 1.41. The van der Waals surface area contributed by atoms with Gasteiger partial charge in [-0.25, -0.2) is 8.42 Å². The molecule has 0 amide bonds. The molecular weight excluding hydrogens is 314 g/mol. The maximum Gasteiger partial charge on any atom is 0.243 e. The minimum Gasteiger partial charge on any atom is -0.399 e. The monoisotopic (exact) mass is 343 g/mol. The minimum absolute atomic E-state index is 0.164. The zero-order chi connectivity index (χ0) is 17.5. The first-order valence-corrected chi connectivity index (χ1v) is 9.39. The van der Waals surface area contributed by atoms with Gasteiger partial charge in [0.2, 0.25) is 10.0 Å². The molecule has 0 aliphatic rings. The number of nitrogens with zero attached hydrogens (tertiary/aromatic N) is 1. The van der Waals surface area contributed by atoms with Gasteiger partial charge in [0.1, 0.15) is 0 Å². The van der Waals surface area contributed by atoms with Crippen LogP contribution in [0.4, 0.5) is 5.69 Å². The van der Waals surface area contributed by atoms with Crippen LogP contribution in [0.25, 0.3) is 0 Å². The SMILES string of the molecule is CNCCCC(CO)N(CC(C)C)S(=O)(=O)c1ccc(N)cc1. The highest BCUT2D eigenvalue weighted by Gasteiger charge is 2.31. The molecule has 0 bridgehead atoms. The van der Waals surface area contributed by atoms with Gasteiger partial charge >= 0.3 is 0 Å². The van der Waals surface area contributed by atoms with Gasteiger partial charge in [-0.3, -0.25) is 0 Å². The van der Waals surface area contributed by atoms with Crippen molar-refractivity contribution in [1.82, 2.24) is 9.62 Å². The topological polar surface area (TPSA) is 95.7 Å². The average molecular weight is 343 g/mol. The molecule has 1 atom stereocenters. The van der Waals surface area contributed by atoms with Crippen molar-refractivity contribution in [2.45, 2.75) is 37.6 Å². The Bertz CT molecular complexity index is 558. The summed E-state index contributed by atoms with van der Waals surface area (Å²) in [5.41, 5.74) is 6.16. The maximum atomic E-state index is 13.0. The van der Waals surface area contributed by atoms with Gasteiger partial charge in [-0.2, -0.15) is 4.31 Å². The second-order valence-electron chi connectivity index (χ2n) is 6.12. The van der Waals surface area contributed by atoms with Crippen molar-refractivity contribution in [3.8, 4) is 0 Å². The Balaban J connectivity index is 3.09. The highest BCUT2D eigenvalue weighted by atomic mass is 32.2. The first-order valence-electron chi connectivity index (χ1n) is 7.95. The summed E-state index contributed by atoms with van der Waals surface area (Å²) in [5.74, 6) is 0.164. The number of nitrogens with one attached hydrogen (secondary N) is 1. The van der Waals surface area contributed by atoms with E-state index in [1.165, 1.54) is 16.4 Å². The van der Waals surface area contributed by atoms with Gasteiger partial charge in [-0.1, -0.05) is 13.8 Å². The molecule has 132 valence electrons. The van der Waals surface area contributed by atoms with Crippen molar-refractivity contribution >= 4 is 15.7 Å². The summed E-state index contributed by atoms with van der Waals surface area (Å²) in [6.45, 7) is 4.90. The summed E-state index contributed by atoms with van der Waals surface area (Å²) >= 11 is 0. The molecule has 0 saturated heterocycles. The van der Waals surface area contributed by atoms with Crippen LogP contribution in [0, 0.1) is 5.92 Å². The Labute approximate surface area is 139 Å². The molecule has 4 N–H and O–H groups in total. The van der Waals surface area contributed by atoms with E-state index in [2.05, 4.69) is 5.32 Å². The summed E-state index contributed by atoms with van der Waals surface area (Å²) in [5, 5.41) is 12.8. The Hall–Kier alpha value is -1.15. The summed E-state index contributed by atoms with van der Waals surface area (Å²) in [6, 6.07) is 5.76. The number of aliphatic hydroxyl groups excluding tert-OH is 1. The van der Waals surface area contributed by atoms with Crippen molar-refractivity contribution in [2.24, 2.45) is 5.92 Å². The molecule has 1 rings (SSSR count). The van der Waals surface area contributed by atoms with Crippen molar-refractivity contribution in [1.29, 1.82) is 0 Å². The summed E-state index contributed by atoms with van der Waals surface area (Å²) < 4.78 is 27.4. The number of rotatable bonds is 10. The molecule has 0 aliphatic heterocycles. The Kier molecular flexibility index (Phi) is 7.98. The molecule has 1 aromatic rings. The lowest BCUT2D eigenvalue weighted by Gasteiger charge is -2.31. The molecule has 0 heterocycles. The number of aliphatic hydroxyl groups is 1. The molecule has 0 aromatic heterocycles. The van der Waals surface area contributed by atoms with Gasteiger partial charge in [0.15, 0.2) is 0 Å². The van der Waals surface area contributed by atoms with Gasteiger partial charge in [-0.05, 0) is 56.6 Å². The highest BCUT2D eigenvalue weighted by Crippen LogP contribution is 2.22.